The highest BCUT2D eigenvalue weighted by Gasteiger charge is 2.33. The number of carbonyl (C=O) groups is 1. The van der Waals surface area contributed by atoms with Gasteiger partial charge in [-0.1, -0.05) is 59.1 Å². The average molecular weight is 2100 g/mol. The number of imidazole rings is 4. The van der Waals surface area contributed by atoms with E-state index >= 15 is 0 Å². The van der Waals surface area contributed by atoms with E-state index in [-0.39, 0.29) is 28.8 Å². The van der Waals surface area contributed by atoms with E-state index in [4.69, 9.17) is 73.7 Å². The first kappa shape index (κ1) is 106. The molecule has 1 amide bonds. The number of methoxy groups -OCH3 is 4. The number of β-amino-alcohol motifs (C(OH)–C–C–N with tert-alkyl or cyclic N) is 1. The van der Waals surface area contributed by atoms with Gasteiger partial charge < -0.3 is 110 Å². The van der Waals surface area contributed by atoms with Crippen LogP contribution >= 0.6 is 34.8 Å². The van der Waals surface area contributed by atoms with Crippen molar-refractivity contribution in [1.82, 2.24) is 123 Å². The Hall–Kier alpha value is -13.7. The Bertz CT molecular complexity index is 7510. The van der Waals surface area contributed by atoms with E-state index in [1.807, 2.05) is 42.3 Å². The number of amides is 1. The minimum absolute atomic E-state index is 0.189. The van der Waals surface area contributed by atoms with Crippen molar-refractivity contribution in [3.8, 4) is 57.1 Å². The number of nitrogens with zero attached hydrogens (tertiary/aromatic N) is 17. The normalized spacial score (nSPS) is 15.6. The molecule has 5 fully saturated rings. The van der Waals surface area contributed by atoms with E-state index in [1.54, 1.807) is 109 Å². The maximum Gasteiger partial charge on any atom is 0.261 e. The van der Waals surface area contributed by atoms with Gasteiger partial charge in [0.15, 0.2) is 16.7 Å². The number of H-pyrrole nitrogens is 8. The topological polar surface area (TPSA) is 456 Å². The monoisotopic (exact) mass is 2100 g/mol. The van der Waals surface area contributed by atoms with Crippen LogP contribution in [0, 0.1) is 27.7 Å². The van der Waals surface area contributed by atoms with Crippen LogP contribution < -0.4 is 53.0 Å². The van der Waals surface area contributed by atoms with Crippen LogP contribution in [0.25, 0.3) is 89.7 Å². The first-order chi connectivity index (χ1) is 73.0. The molecule has 12 aromatic heterocycles. The minimum atomic E-state index is -0.217. The summed E-state index contributed by atoms with van der Waals surface area (Å²) < 4.78 is 27.8. The van der Waals surface area contributed by atoms with Gasteiger partial charge in [0.2, 0.25) is 6.41 Å². The fraction of sp³-hybridized carbons (Fsp3) is 0.435. The molecule has 150 heavy (non-hydrogen) atoms. The molecule has 17 heterocycles. The van der Waals surface area contributed by atoms with Gasteiger partial charge in [-0.15, -0.1) is 0 Å². The molecule has 5 aliphatic heterocycles. The summed E-state index contributed by atoms with van der Waals surface area (Å²) in [5.74, 6) is 5.38. The molecule has 13 N–H and O–H groups in total. The van der Waals surface area contributed by atoms with Gasteiger partial charge in [0.05, 0.1) is 168 Å². The fourth-order valence-electron chi connectivity index (χ4n) is 21.5. The van der Waals surface area contributed by atoms with Gasteiger partial charge in [-0.2, -0.15) is 20.4 Å². The molecule has 0 aliphatic carbocycles. The second-order valence-electron chi connectivity index (χ2n) is 39.3. The number of aromatic nitrogens is 20. The number of benzene rings is 4. The second kappa shape index (κ2) is 49.8. The number of hydrogen-bond donors (Lipinski definition) is 13. The Morgan fingerprint density at radius 1 is 0.393 bits per heavy atom. The zero-order valence-corrected chi connectivity index (χ0v) is 88.4. The number of likely N-dealkylation sites (tertiary alicyclic amines) is 5. The lowest BCUT2D eigenvalue weighted by molar-refractivity contribution is -0.119. The number of aromatic amines is 8. The Morgan fingerprint density at radius 3 is 1.05 bits per heavy atom. The molecule has 42 heteroatoms. The highest BCUT2D eigenvalue weighted by molar-refractivity contribution is 6.31. The first-order valence-corrected chi connectivity index (χ1v) is 52.9. The molecule has 792 valence electrons. The second-order valence-corrected chi connectivity index (χ2v) is 40.6. The van der Waals surface area contributed by atoms with E-state index in [1.165, 1.54) is 35.1 Å². The number of piperidine rings is 5. The van der Waals surface area contributed by atoms with Gasteiger partial charge in [0.1, 0.15) is 45.6 Å². The standard InChI is InChI=1S/C30H39ClN8O2.C27H34ClN7O3.C27H35N7O3.C24H26ClN7O2/c1-20-16-22(21-3-11-38(12-4-21)24-5-9-37(10-6-24)14-15-40)17-26-28(20)36-29(35-26)27-25(2-7-33-30(27)41)32-8-13-39-19-23(31)18-34-39;1-17-14-19(18-5-9-34(10-6-18)12-13-37-2)15-21-24(17)33-26(32-21)23-20(4-7-30-27(23)36)29-8-11-35-25(28)22(38-3)16-31-35;1-18-14-20(19-5-9-33(10-6-19)12-13-36-2)15-23-25(18)32-26(31-23)24-22(4-7-29-27(24)35)28-8-11-34-17-21(37-3)16-30-34;1-15-10-17(16-3-7-31(14-33)8-4-16)11-20-22(15)30-23(29-20)21-19(2-5-27-24(21)34)26-6-9-32-13-18(25)12-28-32/h2,7,16-19,21,24,40H,3-6,8-15H2,1H3,(H,35,36)(H2,32,33,41);4,7,14-16,18H,5-6,8-13H2,1-3H3,(H,32,33)(H2,29,30,36);4,7,14-17,19H,5-6,8-13H2,1-3H3,(H,31,32)(H2,28,29,35);2,5,10-14,16H,3-4,6-9H2,1H3,(H,29,30)(H2,26,27,34). The number of carbonyl (C=O) groups excluding carboxylic acids is 1. The third-order valence-electron chi connectivity index (χ3n) is 29.6. The van der Waals surface area contributed by atoms with Gasteiger partial charge in [0.25, 0.3) is 22.2 Å². The number of ether oxygens (including phenoxy) is 4. The Labute approximate surface area is 882 Å². The van der Waals surface area contributed by atoms with E-state index in [0.29, 0.717) is 166 Å². The lowest BCUT2D eigenvalue weighted by Gasteiger charge is -2.41. The summed E-state index contributed by atoms with van der Waals surface area (Å²) in [5, 5.41) is 41.2. The van der Waals surface area contributed by atoms with Crippen molar-refractivity contribution in [3.05, 3.63) is 242 Å². The summed E-state index contributed by atoms with van der Waals surface area (Å²) in [6, 6.07) is 25.8. The SMILES string of the molecule is COCCN1CCC(c2cc(C)c3nc(-c4c(NCCn5cc(OC)cn5)cc[nH]c4=O)[nH]c3c2)CC1.COCCN1CCC(c2cc(C)c3nc(-c4c(NCCn5ncc(OC)c5Cl)cc[nH]c4=O)[nH]c3c2)CC1.Cc1cc(C2CCN(C3CCN(CCO)CC3)CC2)cc2[nH]c(-c3c(NCCn4cc(Cl)cn4)cc[nH]c3=O)nc12.Cc1cc(C2CCN(C=O)CC2)cc2[nH]c(-c3c(NCCn4cc(Cl)cn4)cc[nH]c3=O)nc12. The van der Waals surface area contributed by atoms with Crippen LogP contribution in [0.5, 0.6) is 11.5 Å². The molecule has 0 spiro atoms. The fourth-order valence-corrected chi connectivity index (χ4v) is 22.1. The van der Waals surface area contributed by atoms with Crippen LogP contribution in [0.4, 0.5) is 22.7 Å². The van der Waals surface area contributed by atoms with Crippen LogP contribution in [-0.2, 0) is 40.4 Å². The minimum Gasteiger partial charge on any atom is -0.493 e. The zero-order valence-electron chi connectivity index (χ0n) is 86.1. The van der Waals surface area contributed by atoms with Gasteiger partial charge in [-0.3, -0.25) is 38.0 Å². The van der Waals surface area contributed by atoms with Crippen LogP contribution in [0.2, 0.25) is 15.2 Å². The molecule has 21 rings (SSSR count). The number of aryl methyl sites for hydroxylation is 4. The Morgan fingerprint density at radius 2 is 0.727 bits per heavy atom. The van der Waals surface area contributed by atoms with Crippen LogP contribution in [0.3, 0.4) is 0 Å². The molecular formula is C108H134Cl3N29O10. The number of halogens is 3. The highest BCUT2D eigenvalue weighted by atomic mass is 35.5. The summed E-state index contributed by atoms with van der Waals surface area (Å²) in [5.41, 5.74) is 20.9. The molecular weight excluding hydrogens is 1970 g/mol. The molecule has 0 radical (unpaired) electrons. The predicted octanol–water partition coefficient (Wildman–Crippen LogP) is 14.7. The van der Waals surface area contributed by atoms with E-state index in [9.17, 15) is 29.1 Å². The van der Waals surface area contributed by atoms with E-state index < -0.39 is 0 Å². The number of rotatable bonds is 36. The molecule has 0 atom stereocenters. The Kier molecular flexibility index (Phi) is 35.2. The quantitative estimate of drug-likeness (QED) is 0.0162. The van der Waals surface area contributed by atoms with Gasteiger partial charge in [0, 0.05) is 116 Å². The summed E-state index contributed by atoms with van der Waals surface area (Å²) in [4.78, 5) is 119. The smallest absolute Gasteiger partial charge is 0.261 e. The van der Waals surface area contributed by atoms with Crippen LogP contribution in [-0.4, -0.2) is 301 Å². The largest absolute Gasteiger partial charge is 0.493 e. The number of nitrogens with one attached hydrogen (secondary N) is 12. The third-order valence-corrected chi connectivity index (χ3v) is 30.4. The van der Waals surface area contributed by atoms with Crippen LogP contribution in [0.1, 0.15) is 132 Å². The lowest BCUT2D eigenvalue weighted by atomic mass is 9.87. The summed E-state index contributed by atoms with van der Waals surface area (Å²) in [6.45, 7) is 27.8. The van der Waals surface area contributed by atoms with Crippen molar-refractivity contribution >= 4 is 108 Å². The molecule has 5 aliphatic rings. The predicted molar refractivity (Wildman–Crippen MR) is 589 cm³/mol. The summed E-state index contributed by atoms with van der Waals surface area (Å²) >= 11 is 18.2. The van der Waals surface area contributed by atoms with E-state index in [2.05, 4.69) is 170 Å². The maximum absolute atomic E-state index is 13.0. The number of hydrogen-bond acceptors (Lipinski definition) is 26. The van der Waals surface area contributed by atoms with Crippen molar-refractivity contribution in [2.75, 3.05) is 181 Å². The molecule has 0 unspecified atom stereocenters. The Balaban J connectivity index is 0.000000131. The number of aliphatic hydroxyl groups excluding tert-OH is 1. The van der Waals surface area contributed by atoms with Crippen molar-refractivity contribution < 1.29 is 28.8 Å². The van der Waals surface area contributed by atoms with Gasteiger partial charge >= 0.3 is 0 Å². The van der Waals surface area contributed by atoms with E-state index in [0.717, 1.165) is 234 Å². The number of anilines is 4. The summed E-state index contributed by atoms with van der Waals surface area (Å²) in [6.07, 6.45) is 30.4. The third kappa shape index (κ3) is 25.6. The molecule has 5 saturated heterocycles. The van der Waals surface area contributed by atoms with Crippen molar-refractivity contribution in [1.29, 1.82) is 0 Å². The van der Waals surface area contributed by atoms with Crippen molar-refractivity contribution in [3.63, 3.8) is 0 Å². The van der Waals surface area contributed by atoms with Gasteiger partial charge in [-0.05, 0) is 261 Å². The first-order valence-electron chi connectivity index (χ1n) is 51.7. The van der Waals surface area contributed by atoms with Gasteiger partial charge in [-0.25, -0.2) is 24.6 Å². The molecule has 16 aromatic rings. The molecule has 39 nitrogen and oxygen atoms in total. The van der Waals surface area contributed by atoms with Crippen LogP contribution in [0.15, 0.2) is 160 Å². The molecule has 0 saturated carbocycles. The highest BCUT2D eigenvalue weighted by Crippen LogP contribution is 2.41. The molecule has 4 aromatic carbocycles. The number of aliphatic hydroxyl groups is 1. The average Bonchev–Trinajstić information content (AvgIpc) is 1.63. The number of pyridine rings is 4. The maximum atomic E-state index is 13.0. The molecule has 0 bridgehead atoms. The van der Waals surface area contributed by atoms with Crippen molar-refractivity contribution in [2.45, 2.75) is 148 Å². The summed E-state index contributed by atoms with van der Waals surface area (Å²) in [7, 11) is 6.68. The number of fused-ring (bicyclic) bond motifs is 4. The lowest BCUT2D eigenvalue weighted by Crippen LogP contribution is -2.47. The van der Waals surface area contributed by atoms with Crippen molar-refractivity contribution in [2.24, 2.45) is 0 Å². The zero-order chi connectivity index (χ0) is 104.